The second-order valence-electron chi connectivity index (χ2n) is 7.23. The third-order valence-electron chi connectivity index (χ3n) is 5.30. The van der Waals surface area contributed by atoms with Gasteiger partial charge in [0, 0.05) is 18.4 Å². The Labute approximate surface area is 141 Å². The molecule has 23 heavy (non-hydrogen) atoms. The van der Waals surface area contributed by atoms with Gasteiger partial charge in [-0.25, -0.2) is 0 Å². The predicted molar refractivity (Wildman–Crippen MR) is 101 cm³/mol. The summed E-state index contributed by atoms with van der Waals surface area (Å²) >= 11 is 0. The lowest BCUT2D eigenvalue weighted by molar-refractivity contribution is 0.443. The van der Waals surface area contributed by atoms with Gasteiger partial charge in [-0.1, -0.05) is 57.4 Å². The highest BCUT2D eigenvalue weighted by Crippen LogP contribution is 2.34. The first-order valence-corrected chi connectivity index (χ1v) is 9.09. The quantitative estimate of drug-likeness (QED) is 0.613. The van der Waals surface area contributed by atoms with E-state index < -0.39 is 0 Å². The zero-order valence-corrected chi connectivity index (χ0v) is 14.8. The van der Waals surface area contributed by atoms with Crippen LogP contribution >= 0.6 is 0 Å². The molecule has 0 aromatic heterocycles. The van der Waals surface area contributed by atoms with E-state index >= 15 is 0 Å². The molecule has 0 heterocycles. The summed E-state index contributed by atoms with van der Waals surface area (Å²) in [4.78, 5) is 2.27. The van der Waals surface area contributed by atoms with E-state index in [2.05, 4.69) is 74.3 Å². The first kappa shape index (κ1) is 16.1. The van der Waals surface area contributed by atoms with E-state index in [1.807, 2.05) is 0 Å². The Hall–Kier alpha value is -1.76. The van der Waals surface area contributed by atoms with Gasteiger partial charge in [-0.05, 0) is 60.1 Å². The van der Waals surface area contributed by atoms with Crippen molar-refractivity contribution in [1.29, 1.82) is 0 Å². The van der Waals surface area contributed by atoms with Gasteiger partial charge in [-0.2, -0.15) is 0 Å². The number of hydrogen-bond donors (Lipinski definition) is 0. The lowest BCUT2D eigenvalue weighted by Crippen LogP contribution is -2.10. The topological polar surface area (TPSA) is 3.24 Å². The summed E-state index contributed by atoms with van der Waals surface area (Å²) in [6, 6.07) is 18.2. The van der Waals surface area contributed by atoms with Crippen LogP contribution in [-0.2, 0) is 0 Å². The maximum Gasteiger partial charge on any atom is 0.0408 e. The minimum Gasteiger partial charge on any atom is -0.345 e. The smallest absolute Gasteiger partial charge is 0.0408 e. The predicted octanol–water partition coefficient (Wildman–Crippen LogP) is 6.63. The third-order valence-corrected chi connectivity index (χ3v) is 5.30. The van der Waals surface area contributed by atoms with Crippen molar-refractivity contribution in [2.45, 2.75) is 57.8 Å². The molecule has 0 saturated heterocycles. The molecule has 3 rings (SSSR count). The van der Waals surface area contributed by atoms with Crippen LogP contribution in [0.4, 0.5) is 11.4 Å². The van der Waals surface area contributed by atoms with Gasteiger partial charge in [0.15, 0.2) is 0 Å². The molecule has 0 N–H and O–H groups in total. The van der Waals surface area contributed by atoms with Gasteiger partial charge in [0.1, 0.15) is 0 Å². The van der Waals surface area contributed by atoms with Crippen LogP contribution in [0.5, 0.6) is 0 Å². The molecule has 0 spiro atoms. The van der Waals surface area contributed by atoms with Crippen LogP contribution in [0, 0.1) is 0 Å². The zero-order chi connectivity index (χ0) is 16.2. The van der Waals surface area contributed by atoms with Crippen LogP contribution in [0.25, 0.3) is 0 Å². The lowest BCUT2D eigenvalue weighted by atomic mass is 9.84. The molecule has 1 aliphatic carbocycles. The molecule has 1 fully saturated rings. The molecule has 1 saturated carbocycles. The van der Waals surface area contributed by atoms with Crippen molar-refractivity contribution >= 4 is 11.4 Å². The monoisotopic (exact) mass is 307 g/mol. The number of rotatable bonds is 4. The van der Waals surface area contributed by atoms with E-state index in [0.717, 1.165) is 5.92 Å². The summed E-state index contributed by atoms with van der Waals surface area (Å²) in [7, 11) is 2.15. The highest BCUT2D eigenvalue weighted by molar-refractivity contribution is 5.63. The Bertz CT molecular complexity index is 603. The van der Waals surface area contributed by atoms with Crippen LogP contribution < -0.4 is 4.90 Å². The molecule has 0 radical (unpaired) electrons. The largest absolute Gasteiger partial charge is 0.345 e. The fourth-order valence-corrected chi connectivity index (χ4v) is 3.64. The first-order valence-electron chi connectivity index (χ1n) is 9.09. The fraction of sp³-hybridized carbons (Fsp3) is 0.455. The minimum absolute atomic E-state index is 0.587. The van der Waals surface area contributed by atoms with E-state index in [4.69, 9.17) is 0 Å². The Morgan fingerprint density at radius 2 is 1.30 bits per heavy atom. The molecular formula is C22H29N. The molecule has 0 unspecified atom stereocenters. The molecule has 0 atom stereocenters. The van der Waals surface area contributed by atoms with Gasteiger partial charge in [-0.15, -0.1) is 0 Å². The summed E-state index contributed by atoms with van der Waals surface area (Å²) in [6.07, 6.45) is 6.95. The summed E-state index contributed by atoms with van der Waals surface area (Å²) < 4.78 is 0. The van der Waals surface area contributed by atoms with Crippen molar-refractivity contribution in [2.75, 3.05) is 11.9 Å². The maximum absolute atomic E-state index is 2.34. The van der Waals surface area contributed by atoms with Gasteiger partial charge in [0.25, 0.3) is 0 Å². The third kappa shape index (κ3) is 3.77. The Morgan fingerprint density at radius 3 is 1.83 bits per heavy atom. The number of hydrogen-bond acceptors (Lipinski definition) is 1. The van der Waals surface area contributed by atoms with E-state index in [9.17, 15) is 0 Å². The number of anilines is 2. The molecule has 2 aromatic rings. The second kappa shape index (κ2) is 7.21. The summed E-state index contributed by atoms with van der Waals surface area (Å²) in [5.74, 6) is 1.37. The van der Waals surface area contributed by atoms with Crippen molar-refractivity contribution in [3.05, 3.63) is 59.7 Å². The molecular weight excluding hydrogens is 278 g/mol. The first-order chi connectivity index (χ1) is 11.1. The SMILES string of the molecule is CC(C)c1ccc(N(C)c2ccc(C3CCCCC3)cc2)cc1. The lowest BCUT2D eigenvalue weighted by Gasteiger charge is -2.24. The van der Waals surface area contributed by atoms with Crippen LogP contribution in [0.2, 0.25) is 0 Å². The van der Waals surface area contributed by atoms with Crippen molar-refractivity contribution in [3.63, 3.8) is 0 Å². The summed E-state index contributed by atoms with van der Waals surface area (Å²) in [5, 5.41) is 0. The Balaban J connectivity index is 1.72. The molecule has 122 valence electrons. The van der Waals surface area contributed by atoms with Gasteiger partial charge in [0.05, 0.1) is 0 Å². The average molecular weight is 307 g/mol. The second-order valence-corrected chi connectivity index (χ2v) is 7.23. The van der Waals surface area contributed by atoms with Crippen molar-refractivity contribution in [2.24, 2.45) is 0 Å². The summed E-state index contributed by atoms with van der Waals surface area (Å²) in [6.45, 7) is 4.48. The molecule has 1 heteroatoms. The van der Waals surface area contributed by atoms with E-state index in [-0.39, 0.29) is 0 Å². The zero-order valence-electron chi connectivity index (χ0n) is 14.8. The van der Waals surface area contributed by atoms with Crippen molar-refractivity contribution in [3.8, 4) is 0 Å². The van der Waals surface area contributed by atoms with Crippen molar-refractivity contribution in [1.82, 2.24) is 0 Å². The van der Waals surface area contributed by atoms with E-state index in [1.165, 1.54) is 54.6 Å². The molecule has 1 nitrogen and oxygen atoms in total. The molecule has 0 aliphatic heterocycles. The van der Waals surface area contributed by atoms with E-state index in [1.54, 1.807) is 0 Å². The standard InChI is InChI=1S/C22H29N/c1-17(2)18-9-13-21(14-10-18)23(3)22-15-11-20(12-16-22)19-7-5-4-6-8-19/h9-17,19H,4-8H2,1-3H3. The van der Waals surface area contributed by atoms with Crippen molar-refractivity contribution < 1.29 is 0 Å². The maximum atomic E-state index is 2.34. The molecule has 1 aliphatic rings. The number of benzene rings is 2. The molecule has 2 aromatic carbocycles. The molecule has 0 bridgehead atoms. The summed E-state index contributed by atoms with van der Waals surface area (Å²) in [5.41, 5.74) is 5.44. The van der Waals surface area contributed by atoms with Crippen LogP contribution in [-0.4, -0.2) is 7.05 Å². The average Bonchev–Trinajstić information content (AvgIpc) is 2.62. The van der Waals surface area contributed by atoms with Gasteiger partial charge in [-0.3, -0.25) is 0 Å². The highest BCUT2D eigenvalue weighted by Gasteiger charge is 2.15. The van der Waals surface area contributed by atoms with Gasteiger partial charge >= 0.3 is 0 Å². The van der Waals surface area contributed by atoms with Crippen LogP contribution in [0.15, 0.2) is 48.5 Å². The minimum atomic E-state index is 0.587. The Morgan fingerprint density at radius 1 is 0.783 bits per heavy atom. The Kier molecular flexibility index (Phi) is 5.05. The van der Waals surface area contributed by atoms with Gasteiger partial charge in [0.2, 0.25) is 0 Å². The number of nitrogens with zero attached hydrogens (tertiary/aromatic N) is 1. The van der Waals surface area contributed by atoms with Gasteiger partial charge < -0.3 is 4.90 Å². The molecule has 0 amide bonds. The van der Waals surface area contributed by atoms with Crippen LogP contribution in [0.3, 0.4) is 0 Å². The van der Waals surface area contributed by atoms with E-state index in [0.29, 0.717) is 5.92 Å². The van der Waals surface area contributed by atoms with Crippen LogP contribution in [0.1, 0.15) is 68.9 Å². The highest BCUT2D eigenvalue weighted by atomic mass is 15.1. The fourth-order valence-electron chi connectivity index (χ4n) is 3.64. The normalized spacial score (nSPS) is 15.8.